The fraction of sp³-hybridized carbons (Fsp3) is 0.250. The second kappa shape index (κ2) is 6.70. The fourth-order valence-electron chi connectivity index (χ4n) is 1.63. The van der Waals surface area contributed by atoms with E-state index < -0.39 is 5.78 Å². The highest BCUT2D eigenvalue weighted by molar-refractivity contribution is 6.43. The van der Waals surface area contributed by atoms with Gasteiger partial charge >= 0.3 is 0 Å². The van der Waals surface area contributed by atoms with Crippen molar-refractivity contribution in [2.24, 2.45) is 5.92 Å². The zero-order valence-electron chi connectivity index (χ0n) is 10.8. The van der Waals surface area contributed by atoms with E-state index in [1.807, 2.05) is 26.0 Å². The molecule has 0 aliphatic rings. The van der Waals surface area contributed by atoms with Gasteiger partial charge in [0.25, 0.3) is 0 Å². The molecule has 0 radical (unpaired) electrons. The summed E-state index contributed by atoms with van der Waals surface area (Å²) in [6, 6.07) is 8.66. The molecule has 0 heterocycles. The molecule has 1 aromatic rings. The molecule has 1 aromatic carbocycles. The first-order valence-electron chi connectivity index (χ1n) is 5.98. The third-order valence-corrected chi connectivity index (χ3v) is 2.94. The number of Topliss-reactive ketones (excluding diaryl/α,β-unsaturated/α-hetero) is 2. The molecule has 2 nitrogen and oxygen atoms in total. The van der Waals surface area contributed by atoms with Crippen LogP contribution in [0.4, 0.5) is 0 Å². The molecule has 1 unspecified atom stereocenters. The molecule has 0 aromatic heterocycles. The summed E-state index contributed by atoms with van der Waals surface area (Å²) >= 11 is 0. The topological polar surface area (TPSA) is 34.1 Å². The monoisotopic (exact) mass is 242 g/mol. The van der Waals surface area contributed by atoms with E-state index in [0.29, 0.717) is 5.56 Å². The van der Waals surface area contributed by atoms with E-state index in [1.165, 1.54) is 0 Å². The van der Waals surface area contributed by atoms with E-state index in [0.717, 1.165) is 5.57 Å². The van der Waals surface area contributed by atoms with Crippen molar-refractivity contribution >= 4 is 11.6 Å². The first-order valence-corrected chi connectivity index (χ1v) is 5.98. The van der Waals surface area contributed by atoms with Crippen molar-refractivity contribution in [3.63, 3.8) is 0 Å². The molecule has 0 aliphatic carbocycles. The van der Waals surface area contributed by atoms with Crippen molar-refractivity contribution in [3.8, 4) is 0 Å². The quantitative estimate of drug-likeness (QED) is 0.434. The van der Waals surface area contributed by atoms with Crippen LogP contribution in [0, 0.1) is 5.92 Å². The van der Waals surface area contributed by atoms with E-state index in [-0.39, 0.29) is 18.1 Å². The maximum Gasteiger partial charge on any atom is 0.228 e. The maximum atomic E-state index is 11.9. The molecular weight excluding hydrogens is 224 g/mol. The average molecular weight is 242 g/mol. The van der Waals surface area contributed by atoms with Crippen LogP contribution in [0.5, 0.6) is 0 Å². The van der Waals surface area contributed by atoms with Crippen LogP contribution in [-0.2, 0) is 4.79 Å². The van der Waals surface area contributed by atoms with Crippen LogP contribution in [-0.4, -0.2) is 11.6 Å². The molecule has 0 amide bonds. The maximum absolute atomic E-state index is 11.9. The van der Waals surface area contributed by atoms with Crippen molar-refractivity contribution in [2.45, 2.75) is 20.3 Å². The van der Waals surface area contributed by atoms with Crippen molar-refractivity contribution in [1.82, 2.24) is 0 Å². The summed E-state index contributed by atoms with van der Waals surface area (Å²) in [6.45, 7) is 7.49. The minimum atomic E-state index is -0.408. The minimum Gasteiger partial charge on any atom is -0.290 e. The Kier molecular flexibility index (Phi) is 5.25. The number of benzene rings is 1. The van der Waals surface area contributed by atoms with Gasteiger partial charge in [-0.3, -0.25) is 9.59 Å². The van der Waals surface area contributed by atoms with Gasteiger partial charge in [-0.05, 0) is 12.8 Å². The zero-order valence-corrected chi connectivity index (χ0v) is 10.8. The summed E-state index contributed by atoms with van der Waals surface area (Å²) < 4.78 is 0. The van der Waals surface area contributed by atoms with Crippen LogP contribution < -0.4 is 0 Å². The molecule has 2 heteroatoms. The number of hydrogen-bond donors (Lipinski definition) is 0. The van der Waals surface area contributed by atoms with Crippen LogP contribution >= 0.6 is 0 Å². The molecule has 0 aliphatic heterocycles. The van der Waals surface area contributed by atoms with Gasteiger partial charge < -0.3 is 0 Å². The van der Waals surface area contributed by atoms with Crippen molar-refractivity contribution in [2.75, 3.05) is 0 Å². The number of carbonyl (C=O) groups is 2. The molecular formula is C16H18O2. The van der Waals surface area contributed by atoms with Crippen LogP contribution in [0.25, 0.3) is 0 Å². The van der Waals surface area contributed by atoms with Gasteiger partial charge in [-0.1, -0.05) is 61.6 Å². The van der Waals surface area contributed by atoms with Gasteiger partial charge in [0.15, 0.2) is 0 Å². The summed E-state index contributed by atoms with van der Waals surface area (Å²) in [5, 5.41) is 0. The summed E-state index contributed by atoms with van der Waals surface area (Å²) in [5.74, 6) is -0.692. The van der Waals surface area contributed by atoms with Crippen LogP contribution in [0.15, 0.2) is 54.6 Å². The predicted molar refractivity (Wildman–Crippen MR) is 73.5 cm³/mol. The number of hydrogen-bond acceptors (Lipinski definition) is 2. The first-order chi connectivity index (χ1) is 8.56. The van der Waals surface area contributed by atoms with E-state index >= 15 is 0 Å². The highest BCUT2D eigenvalue weighted by Gasteiger charge is 2.19. The average Bonchev–Trinajstić information content (AvgIpc) is 2.39. The largest absolute Gasteiger partial charge is 0.290 e. The predicted octanol–water partition coefficient (Wildman–Crippen LogP) is 3.60. The molecule has 0 saturated carbocycles. The van der Waals surface area contributed by atoms with Gasteiger partial charge in [0.05, 0.1) is 0 Å². The van der Waals surface area contributed by atoms with Gasteiger partial charge in [-0.15, -0.1) is 0 Å². The van der Waals surface area contributed by atoms with E-state index in [2.05, 4.69) is 6.58 Å². The fourth-order valence-corrected chi connectivity index (χ4v) is 1.63. The number of allylic oxidation sites excluding steroid dienone is 3. The van der Waals surface area contributed by atoms with Crippen LogP contribution in [0.3, 0.4) is 0 Å². The molecule has 18 heavy (non-hydrogen) atoms. The van der Waals surface area contributed by atoms with Crippen molar-refractivity contribution in [1.29, 1.82) is 0 Å². The Labute approximate surface area is 108 Å². The molecule has 94 valence electrons. The molecule has 1 rings (SSSR count). The van der Waals surface area contributed by atoms with E-state index in [1.54, 1.807) is 30.3 Å². The van der Waals surface area contributed by atoms with Gasteiger partial charge in [0.1, 0.15) is 0 Å². The van der Waals surface area contributed by atoms with Crippen LogP contribution in [0.2, 0.25) is 0 Å². The van der Waals surface area contributed by atoms with E-state index in [4.69, 9.17) is 0 Å². The lowest BCUT2D eigenvalue weighted by atomic mass is 9.93. The SMILES string of the molecule is C=CC=C(C)C(C)CC(=O)C(=O)c1ccccc1. The lowest BCUT2D eigenvalue weighted by Gasteiger charge is -2.10. The molecule has 0 saturated heterocycles. The molecule has 0 spiro atoms. The second-order valence-corrected chi connectivity index (χ2v) is 4.37. The summed E-state index contributed by atoms with van der Waals surface area (Å²) in [4.78, 5) is 23.7. The van der Waals surface area contributed by atoms with Gasteiger partial charge in [-0.2, -0.15) is 0 Å². The number of ketones is 2. The van der Waals surface area contributed by atoms with Crippen molar-refractivity contribution in [3.05, 3.63) is 60.2 Å². The minimum absolute atomic E-state index is 0.0585. The molecule has 1 atom stereocenters. The summed E-state index contributed by atoms with van der Waals surface area (Å²) in [6.07, 6.45) is 3.80. The lowest BCUT2D eigenvalue weighted by molar-refractivity contribution is -0.115. The van der Waals surface area contributed by atoms with Gasteiger partial charge in [0.2, 0.25) is 11.6 Å². The highest BCUT2D eigenvalue weighted by Crippen LogP contribution is 2.16. The Bertz CT molecular complexity index is 469. The standard InChI is InChI=1S/C16H18O2/c1-4-8-12(2)13(3)11-15(17)16(18)14-9-6-5-7-10-14/h4-10,13H,1,11H2,2-3H3. The third kappa shape index (κ3) is 3.81. The summed E-state index contributed by atoms with van der Waals surface area (Å²) in [5.41, 5.74) is 1.51. The van der Waals surface area contributed by atoms with E-state index in [9.17, 15) is 9.59 Å². The Hall–Kier alpha value is -1.96. The molecule has 0 fully saturated rings. The summed E-state index contributed by atoms with van der Waals surface area (Å²) in [7, 11) is 0. The zero-order chi connectivity index (χ0) is 13.5. The van der Waals surface area contributed by atoms with Crippen molar-refractivity contribution < 1.29 is 9.59 Å². The Morgan fingerprint density at radius 1 is 1.28 bits per heavy atom. The van der Waals surface area contributed by atoms with Gasteiger partial charge in [0, 0.05) is 12.0 Å². The Morgan fingerprint density at radius 2 is 1.89 bits per heavy atom. The molecule has 0 N–H and O–H groups in total. The lowest BCUT2D eigenvalue weighted by Crippen LogP contribution is -2.17. The van der Waals surface area contributed by atoms with Crippen LogP contribution in [0.1, 0.15) is 30.6 Å². The number of carbonyl (C=O) groups excluding carboxylic acids is 2. The first kappa shape index (κ1) is 14.1. The second-order valence-electron chi connectivity index (χ2n) is 4.37. The Morgan fingerprint density at radius 3 is 2.44 bits per heavy atom. The normalized spacial score (nSPS) is 12.9. The highest BCUT2D eigenvalue weighted by atomic mass is 16.2. The molecule has 0 bridgehead atoms. The smallest absolute Gasteiger partial charge is 0.228 e. The Balaban J connectivity index is 2.70. The van der Waals surface area contributed by atoms with Gasteiger partial charge in [-0.25, -0.2) is 0 Å². The number of rotatable bonds is 6. The third-order valence-electron chi connectivity index (χ3n) is 2.94.